The Labute approximate surface area is 145 Å². The summed E-state index contributed by atoms with van der Waals surface area (Å²) in [6, 6.07) is 9.34. The predicted octanol–water partition coefficient (Wildman–Crippen LogP) is 2.30. The van der Waals surface area contributed by atoms with Gasteiger partial charge in [0.15, 0.2) is 0 Å². The fourth-order valence-corrected chi connectivity index (χ4v) is 2.74. The monoisotopic (exact) mass is 353 g/mol. The molecule has 1 aliphatic rings. The summed E-state index contributed by atoms with van der Waals surface area (Å²) in [6.07, 6.45) is 3.62. The maximum absolute atomic E-state index is 12.1. The Hall–Kier alpha value is -1.82. The van der Waals surface area contributed by atoms with Gasteiger partial charge in [-0.3, -0.25) is 4.57 Å². The summed E-state index contributed by atoms with van der Waals surface area (Å²) < 4.78 is 1.63. The van der Waals surface area contributed by atoms with Crippen LogP contribution in [0.4, 0.5) is 5.82 Å². The maximum atomic E-state index is 12.1. The highest BCUT2D eigenvalue weighted by atomic mass is 35.5. The van der Waals surface area contributed by atoms with Crippen LogP contribution in [-0.2, 0) is 6.54 Å². The molecule has 0 saturated carbocycles. The zero-order valence-corrected chi connectivity index (χ0v) is 13.9. The Bertz CT molecular complexity index is 774. The number of hydrogen-bond donors (Lipinski definition) is 1. The molecule has 0 atom stereocenters. The molecule has 122 valence electrons. The van der Waals surface area contributed by atoms with E-state index in [0.29, 0.717) is 23.8 Å². The molecule has 0 fully saturated rings. The third kappa shape index (κ3) is 3.75. The number of β-amino-alcohol motifs (C(OH)–C–C–N with tert-alkyl or cyclic N) is 1. The van der Waals surface area contributed by atoms with Crippen molar-refractivity contribution in [2.45, 2.75) is 6.54 Å². The van der Waals surface area contributed by atoms with Crippen LogP contribution in [0.5, 0.6) is 0 Å². The average Bonchev–Trinajstić information content (AvgIpc) is 2.91. The first-order valence-corrected chi connectivity index (χ1v) is 7.47. The minimum absolute atomic E-state index is 0. The number of rotatable bonds is 4. The molecule has 1 aromatic heterocycles. The van der Waals surface area contributed by atoms with Gasteiger partial charge in [-0.15, -0.1) is 12.4 Å². The summed E-state index contributed by atoms with van der Waals surface area (Å²) in [5.41, 5.74) is 1.19. The van der Waals surface area contributed by atoms with E-state index in [9.17, 15) is 4.79 Å². The number of anilines is 1. The first-order chi connectivity index (χ1) is 10.7. The second-order valence-corrected chi connectivity index (χ2v) is 5.45. The summed E-state index contributed by atoms with van der Waals surface area (Å²) >= 11 is 6.11. The third-order valence-electron chi connectivity index (χ3n) is 3.64. The lowest BCUT2D eigenvalue weighted by Crippen LogP contribution is -2.25. The van der Waals surface area contributed by atoms with Crippen molar-refractivity contribution < 1.29 is 5.11 Å². The lowest BCUT2D eigenvalue weighted by molar-refractivity contribution is 0.303. The summed E-state index contributed by atoms with van der Waals surface area (Å²) in [7, 11) is 0. The molecule has 1 aromatic carbocycles. The first-order valence-electron chi connectivity index (χ1n) is 7.09. The van der Waals surface area contributed by atoms with Crippen molar-refractivity contribution in [3.63, 3.8) is 0 Å². The Morgan fingerprint density at radius 1 is 1.26 bits per heavy atom. The topological polar surface area (TPSA) is 58.4 Å². The highest BCUT2D eigenvalue weighted by Gasteiger charge is 2.20. The van der Waals surface area contributed by atoms with Crippen molar-refractivity contribution in [3.8, 4) is 0 Å². The van der Waals surface area contributed by atoms with Crippen LogP contribution < -0.4 is 10.6 Å². The Balaban J connectivity index is 0.00000192. The molecule has 2 heterocycles. The lowest BCUT2D eigenvalue weighted by atomic mass is 10.2. The number of fused-ring (bicyclic) bond motifs is 1. The van der Waals surface area contributed by atoms with E-state index in [1.807, 2.05) is 41.3 Å². The summed E-state index contributed by atoms with van der Waals surface area (Å²) in [5, 5.41) is 9.75. The van der Waals surface area contributed by atoms with Crippen molar-refractivity contribution >= 4 is 42.0 Å². The van der Waals surface area contributed by atoms with Gasteiger partial charge in [0.2, 0.25) is 0 Å². The van der Waals surface area contributed by atoms with Crippen LogP contribution in [0.1, 0.15) is 11.3 Å². The van der Waals surface area contributed by atoms with Gasteiger partial charge in [0.25, 0.3) is 0 Å². The number of aliphatic hydroxyl groups excluding tert-OH is 1. The van der Waals surface area contributed by atoms with E-state index < -0.39 is 0 Å². The van der Waals surface area contributed by atoms with Gasteiger partial charge in [-0.2, -0.15) is 4.98 Å². The van der Waals surface area contributed by atoms with Gasteiger partial charge in [-0.25, -0.2) is 4.79 Å². The van der Waals surface area contributed by atoms with E-state index in [4.69, 9.17) is 16.7 Å². The smallest absolute Gasteiger partial charge is 0.349 e. The Morgan fingerprint density at radius 2 is 2.04 bits per heavy atom. The molecule has 0 unspecified atom stereocenters. The van der Waals surface area contributed by atoms with Gasteiger partial charge < -0.3 is 10.0 Å². The van der Waals surface area contributed by atoms with Gasteiger partial charge in [0.05, 0.1) is 12.3 Å². The third-order valence-corrected chi connectivity index (χ3v) is 3.98. The summed E-state index contributed by atoms with van der Waals surface area (Å²) in [5.74, 6) is 0.799. The molecule has 1 N–H and O–H groups in total. The average molecular weight is 354 g/mol. The van der Waals surface area contributed by atoms with E-state index in [1.165, 1.54) is 0 Å². The molecule has 5 nitrogen and oxygen atoms in total. The quantitative estimate of drug-likeness (QED) is 0.916. The van der Waals surface area contributed by atoms with Crippen LogP contribution in [-0.4, -0.2) is 34.4 Å². The molecule has 0 bridgehead atoms. The van der Waals surface area contributed by atoms with Crippen LogP contribution in [0.25, 0.3) is 12.2 Å². The predicted molar refractivity (Wildman–Crippen MR) is 95.4 cm³/mol. The van der Waals surface area contributed by atoms with Crippen molar-refractivity contribution in [2.75, 3.05) is 24.6 Å². The lowest BCUT2D eigenvalue weighted by Gasteiger charge is -2.16. The second kappa shape index (κ2) is 7.64. The SMILES string of the molecule is Cl.O=c1nc(/C=C/c2ccccc2Cl)cc2n1CCN2CCO. The van der Waals surface area contributed by atoms with Crippen molar-refractivity contribution in [1.29, 1.82) is 0 Å². The summed E-state index contributed by atoms with van der Waals surface area (Å²) in [4.78, 5) is 18.1. The number of nitrogens with zero attached hydrogens (tertiary/aromatic N) is 3. The minimum Gasteiger partial charge on any atom is -0.395 e. The maximum Gasteiger partial charge on any atom is 0.349 e. The van der Waals surface area contributed by atoms with Crippen LogP contribution in [0.2, 0.25) is 5.02 Å². The van der Waals surface area contributed by atoms with E-state index in [1.54, 1.807) is 10.6 Å². The van der Waals surface area contributed by atoms with Crippen molar-refractivity contribution in [3.05, 3.63) is 57.1 Å². The summed E-state index contributed by atoms with van der Waals surface area (Å²) in [6.45, 7) is 1.89. The highest BCUT2D eigenvalue weighted by molar-refractivity contribution is 6.32. The molecule has 0 spiro atoms. The van der Waals surface area contributed by atoms with E-state index in [-0.39, 0.29) is 24.7 Å². The molecule has 23 heavy (non-hydrogen) atoms. The van der Waals surface area contributed by atoms with E-state index in [2.05, 4.69) is 4.98 Å². The normalized spacial score (nSPS) is 13.2. The van der Waals surface area contributed by atoms with E-state index in [0.717, 1.165) is 17.9 Å². The molecule has 0 saturated heterocycles. The molecule has 3 rings (SSSR count). The van der Waals surface area contributed by atoms with Gasteiger partial charge in [0.1, 0.15) is 5.82 Å². The fourth-order valence-electron chi connectivity index (χ4n) is 2.54. The molecule has 7 heteroatoms. The number of benzene rings is 1. The van der Waals surface area contributed by atoms with Crippen LogP contribution in [0, 0.1) is 0 Å². The minimum atomic E-state index is -0.267. The Morgan fingerprint density at radius 3 is 2.78 bits per heavy atom. The number of aliphatic hydroxyl groups is 1. The van der Waals surface area contributed by atoms with Gasteiger partial charge in [-0.05, 0) is 17.7 Å². The number of halogens is 2. The molecule has 2 aromatic rings. The van der Waals surface area contributed by atoms with Gasteiger partial charge >= 0.3 is 5.69 Å². The fraction of sp³-hybridized carbons (Fsp3) is 0.250. The van der Waals surface area contributed by atoms with Crippen LogP contribution in [0.15, 0.2) is 35.1 Å². The number of aromatic nitrogens is 2. The second-order valence-electron chi connectivity index (χ2n) is 5.04. The van der Waals surface area contributed by atoms with Crippen molar-refractivity contribution in [2.24, 2.45) is 0 Å². The first kappa shape index (κ1) is 17.5. The van der Waals surface area contributed by atoms with Gasteiger partial charge in [0, 0.05) is 30.7 Å². The number of hydrogen-bond acceptors (Lipinski definition) is 4. The molecular weight excluding hydrogens is 337 g/mol. The highest BCUT2D eigenvalue weighted by Crippen LogP contribution is 2.21. The molecular formula is C16H17Cl2N3O2. The standard InChI is InChI=1S/C16H16ClN3O2.ClH/c17-14-4-2-1-3-12(14)5-6-13-11-15-19(9-10-21)7-8-20(15)16(22)18-13;/h1-6,11,21H,7-10H2;1H/b6-5+;. The zero-order valence-electron chi connectivity index (χ0n) is 12.4. The van der Waals surface area contributed by atoms with Crippen LogP contribution >= 0.6 is 24.0 Å². The van der Waals surface area contributed by atoms with Crippen molar-refractivity contribution in [1.82, 2.24) is 9.55 Å². The molecule has 0 aliphatic carbocycles. The van der Waals surface area contributed by atoms with Crippen LogP contribution in [0.3, 0.4) is 0 Å². The molecule has 0 radical (unpaired) electrons. The van der Waals surface area contributed by atoms with E-state index >= 15 is 0 Å². The Kier molecular flexibility index (Phi) is 5.82. The molecule has 1 aliphatic heterocycles. The molecule has 0 amide bonds. The van der Waals surface area contributed by atoms with Gasteiger partial charge in [-0.1, -0.05) is 35.9 Å². The largest absolute Gasteiger partial charge is 0.395 e. The zero-order chi connectivity index (χ0) is 15.5.